The second-order valence-corrected chi connectivity index (χ2v) is 11.7. The lowest BCUT2D eigenvalue weighted by atomic mass is 9.79. The Balaban J connectivity index is 1.30. The molecule has 2 aliphatic rings. The summed E-state index contributed by atoms with van der Waals surface area (Å²) in [5, 5.41) is 27.4. The second kappa shape index (κ2) is 13.2. The molecule has 5 rings (SSSR count). The van der Waals surface area contributed by atoms with Gasteiger partial charge in [-0.25, -0.2) is 4.79 Å². The molecule has 1 aliphatic carbocycles. The fraction of sp³-hybridized carbons (Fsp3) is 0.387. The molecule has 1 aliphatic heterocycles. The molecule has 0 radical (unpaired) electrons. The quantitative estimate of drug-likeness (QED) is 0.235. The summed E-state index contributed by atoms with van der Waals surface area (Å²) in [6.07, 6.45) is 7.48. The van der Waals surface area contributed by atoms with Crippen molar-refractivity contribution in [1.29, 1.82) is 0 Å². The Hall–Kier alpha value is -2.81. The van der Waals surface area contributed by atoms with Crippen molar-refractivity contribution >= 4 is 40.6 Å². The zero-order valence-corrected chi connectivity index (χ0v) is 23.9. The molecule has 1 unspecified atom stereocenters. The normalized spacial score (nSPS) is 17.5. The number of nitrogens with one attached hydrogen (secondary N) is 2. The van der Waals surface area contributed by atoms with E-state index in [0.29, 0.717) is 28.2 Å². The molecular formula is C31H35Cl2N4O3-. The number of likely N-dealkylation sites (tertiary alicyclic amines) is 1. The lowest BCUT2D eigenvalue weighted by molar-refractivity contribution is 0.123. The van der Waals surface area contributed by atoms with Crippen molar-refractivity contribution in [3.8, 4) is 11.1 Å². The molecule has 3 aromatic carbocycles. The minimum absolute atomic E-state index is 0.125. The first-order valence-electron chi connectivity index (χ1n) is 14.0. The van der Waals surface area contributed by atoms with Crippen LogP contribution >= 0.6 is 23.2 Å². The van der Waals surface area contributed by atoms with Gasteiger partial charge in [-0.2, -0.15) is 0 Å². The van der Waals surface area contributed by atoms with Gasteiger partial charge in [0.1, 0.15) is 0 Å². The summed E-state index contributed by atoms with van der Waals surface area (Å²) >= 11 is 12.2. The molecule has 212 valence electrons. The van der Waals surface area contributed by atoms with Crippen LogP contribution in [0.5, 0.6) is 0 Å². The number of amides is 2. The molecule has 0 aromatic heterocycles. The maximum Gasteiger partial charge on any atom is 0.319 e. The molecule has 9 heteroatoms. The molecule has 40 heavy (non-hydrogen) atoms. The molecule has 1 heterocycles. The van der Waals surface area contributed by atoms with Gasteiger partial charge in [-0.05, 0) is 91.7 Å². The Morgan fingerprint density at radius 2 is 1.62 bits per heavy atom. The highest BCUT2D eigenvalue weighted by atomic mass is 35.5. The number of halogens is 2. The largest absolute Gasteiger partial charge is 0.733 e. The zero-order valence-electron chi connectivity index (χ0n) is 22.4. The fourth-order valence-corrected chi connectivity index (χ4v) is 6.77. The van der Waals surface area contributed by atoms with Crippen molar-refractivity contribution in [2.24, 2.45) is 5.92 Å². The third kappa shape index (κ3) is 7.28. The summed E-state index contributed by atoms with van der Waals surface area (Å²) < 4.78 is 0. The lowest BCUT2D eigenvalue weighted by Crippen LogP contribution is -2.43. The van der Waals surface area contributed by atoms with Crippen molar-refractivity contribution in [3.63, 3.8) is 0 Å². The van der Waals surface area contributed by atoms with E-state index in [4.69, 9.17) is 23.2 Å². The van der Waals surface area contributed by atoms with E-state index in [1.165, 1.54) is 25.7 Å². The molecule has 1 saturated carbocycles. The number of urea groups is 1. The summed E-state index contributed by atoms with van der Waals surface area (Å²) in [5.74, 6) is 0.588. The van der Waals surface area contributed by atoms with E-state index in [1.54, 1.807) is 36.4 Å². The van der Waals surface area contributed by atoms with Gasteiger partial charge in [0.25, 0.3) is 0 Å². The third-order valence-corrected chi connectivity index (χ3v) is 8.76. The van der Waals surface area contributed by atoms with Crippen LogP contribution < -0.4 is 15.9 Å². The van der Waals surface area contributed by atoms with Crippen LogP contribution in [-0.4, -0.2) is 41.8 Å². The highest BCUT2D eigenvalue weighted by Crippen LogP contribution is 2.36. The average Bonchev–Trinajstić information content (AvgIpc) is 3.49. The fourth-order valence-electron chi connectivity index (χ4n) is 6.24. The third-order valence-electron chi connectivity index (χ3n) is 8.33. The lowest BCUT2D eigenvalue weighted by Gasteiger charge is -2.39. The Bertz CT molecular complexity index is 1270. The van der Waals surface area contributed by atoms with Crippen molar-refractivity contribution in [1.82, 2.24) is 10.2 Å². The van der Waals surface area contributed by atoms with Gasteiger partial charge in [0.05, 0.1) is 5.69 Å². The van der Waals surface area contributed by atoms with Gasteiger partial charge in [-0.15, -0.1) is 0 Å². The van der Waals surface area contributed by atoms with Gasteiger partial charge in [0.15, 0.2) is 0 Å². The van der Waals surface area contributed by atoms with Gasteiger partial charge in [-0.1, -0.05) is 72.4 Å². The van der Waals surface area contributed by atoms with Crippen LogP contribution in [0.4, 0.5) is 16.2 Å². The van der Waals surface area contributed by atoms with Gasteiger partial charge in [0, 0.05) is 34.2 Å². The zero-order chi connectivity index (χ0) is 28.1. The maximum absolute atomic E-state index is 12.8. The summed E-state index contributed by atoms with van der Waals surface area (Å²) in [6.45, 7) is 2.69. The first-order chi connectivity index (χ1) is 19.4. The van der Waals surface area contributed by atoms with Gasteiger partial charge >= 0.3 is 6.03 Å². The van der Waals surface area contributed by atoms with E-state index >= 15 is 0 Å². The van der Waals surface area contributed by atoms with Crippen LogP contribution in [0.25, 0.3) is 11.1 Å². The van der Waals surface area contributed by atoms with Crippen molar-refractivity contribution in [2.75, 3.05) is 30.2 Å². The first-order valence-corrected chi connectivity index (χ1v) is 14.7. The Labute approximate surface area is 245 Å². The molecule has 0 bridgehead atoms. The van der Waals surface area contributed by atoms with E-state index in [2.05, 4.69) is 27.7 Å². The molecule has 1 atom stereocenters. The maximum atomic E-state index is 12.8. The van der Waals surface area contributed by atoms with Gasteiger partial charge in [-0.3, -0.25) is 5.21 Å². The number of carbonyl (C=O) groups excluding carboxylic acids is 1. The summed E-state index contributed by atoms with van der Waals surface area (Å²) in [5.41, 5.74) is 3.69. The predicted molar refractivity (Wildman–Crippen MR) is 162 cm³/mol. The first kappa shape index (κ1) is 28.7. The molecule has 0 spiro atoms. The minimum atomic E-state index is -0.300. The molecule has 1 saturated heterocycles. The Kier molecular flexibility index (Phi) is 9.50. The van der Waals surface area contributed by atoms with E-state index in [9.17, 15) is 15.2 Å². The summed E-state index contributed by atoms with van der Waals surface area (Å²) in [4.78, 5) is 15.5. The molecule has 3 N–H and O–H groups in total. The van der Waals surface area contributed by atoms with Crippen LogP contribution in [0.1, 0.15) is 50.0 Å². The Morgan fingerprint density at radius 1 is 0.950 bits per heavy atom. The molecule has 3 aromatic rings. The van der Waals surface area contributed by atoms with Crippen LogP contribution in [0, 0.1) is 11.1 Å². The molecule has 7 nitrogen and oxygen atoms in total. The predicted octanol–water partition coefficient (Wildman–Crippen LogP) is 7.91. The number of rotatable bonds is 8. The van der Waals surface area contributed by atoms with E-state index in [1.807, 2.05) is 18.2 Å². The smallest absolute Gasteiger partial charge is 0.319 e. The number of nitrogens with zero attached hydrogens (tertiary/aromatic N) is 2. The van der Waals surface area contributed by atoms with E-state index in [-0.39, 0.29) is 22.9 Å². The number of piperidine rings is 1. The van der Waals surface area contributed by atoms with Crippen molar-refractivity contribution in [2.45, 2.75) is 50.5 Å². The van der Waals surface area contributed by atoms with Crippen LogP contribution in [-0.2, 0) is 0 Å². The van der Waals surface area contributed by atoms with Crippen LogP contribution in [0.2, 0.25) is 10.0 Å². The van der Waals surface area contributed by atoms with Gasteiger partial charge < -0.3 is 26.0 Å². The second-order valence-electron chi connectivity index (χ2n) is 10.9. The topological polar surface area (TPSA) is 90.9 Å². The number of anilines is 2. The molecular weight excluding hydrogens is 547 g/mol. The Morgan fingerprint density at radius 3 is 2.27 bits per heavy atom. The SMILES string of the molecule is O=C(NCC(c1ccc(-c2cccc(N([O-])O)c2)cc1)C1CCN(C2CCCC2)CC1)Nc1cc(Cl)cc(Cl)c1. The standard InChI is InChI=1S/C31H35Cl2N4O3/c32-25-17-26(33)19-27(18-25)35-31(38)34-20-30(23-12-14-36(15-13-23)28-5-1-2-6-28)22-10-8-21(9-11-22)24-4-3-7-29(16-24)37(39)40/h3-4,7-11,16-19,23,28,30,39H,1-2,5-6,12-15,20H2,(H2,34,35,38)/q-1. The monoisotopic (exact) mass is 581 g/mol. The van der Waals surface area contributed by atoms with E-state index < -0.39 is 0 Å². The number of hydrogen-bond donors (Lipinski definition) is 3. The highest BCUT2D eigenvalue weighted by Gasteiger charge is 2.31. The van der Waals surface area contributed by atoms with Crippen molar-refractivity contribution in [3.05, 3.63) is 87.5 Å². The number of carbonyl (C=O) groups is 1. The minimum Gasteiger partial charge on any atom is -0.733 e. The van der Waals surface area contributed by atoms with Crippen LogP contribution in [0.3, 0.4) is 0 Å². The molecule has 2 amide bonds. The van der Waals surface area contributed by atoms with Gasteiger partial charge in [0.2, 0.25) is 0 Å². The number of hydrogen-bond acceptors (Lipinski definition) is 5. The molecule has 2 fully saturated rings. The number of benzene rings is 3. The van der Waals surface area contributed by atoms with E-state index in [0.717, 1.165) is 48.7 Å². The average molecular weight is 583 g/mol. The summed E-state index contributed by atoms with van der Waals surface area (Å²) in [6, 6.07) is 20.6. The summed E-state index contributed by atoms with van der Waals surface area (Å²) in [7, 11) is 0. The van der Waals surface area contributed by atoms with Crippen LogP contribution in [0.15, 0.2) is 66.7 Å². The highest BCUT2D eigenvalue weighted by molar-refractivity contribution is 6.35. The van der Waals surface area contributed by atoms with Crippen molar-refractivity contribution < 1.29 is 10.0 Å².